The number of pyridine rings is 1. The Morgan fingerprint density at radius 2 is 2.39 bits per heavy atom. The van der Waals surface area contributed by atoms with Gasteiger partial charge in [-0.2, -0.15) is 0 Å². The van der Waals surface area contributed by atoms with Crippen LogP contribution in [0, 0.1) is 0 Å². The van der Waals surface area contributed by atoms with E-state index in [2.05, 4.69) is 25.7 Å². The Hall–Kier alpha value is -1.14. The van der Waals surface area contributed by atoms with E-state index in [1.165, 1.54) is 24.3 Å². The molecule has 18 heavy (non-hydrogen) atoms. The molecule has 1 aliphatic rings. The van der Waals surface area contributed by atoms with Crippen molar-refractivity contribution in [2.75, 3.05) is 18.6 Å². The maximum Gasteiger partial charge on any atom is 0.340 e. The number of esters is 1. The number of halogens is 2. The minimum Gasteiger partial charge on any atom is -0.465 e. The van der Waals surface area contributed by atoms with Crippen LogP contribution < -0.4 is 4.90 Å². The van der Waals surface area contributed by atoms with Crippen LogP contribution >= 0.6 is 27.5 Å². The molecule has 0 spiro atoms. The predicted octanol–water partition coefficient (Wildman–Crippen LogP) is 2.02. The summed E-state index contributed by atoms with van der Waals surface area (Å²) in [6.45, 7) is 0.453. The van der Waals surface area contributed by atoms with Gasteiger partial charge in [0.25, 0.3) is 0 Å². The van der Waals surface area contributed by atoms with Crippen molar-refractivity contribution in [2.45, 2.75) is 11.2 Å². The Bertz CT molecular complexity index is 509. The van der Waals surface area contributed by atoms with E-state index >= 15 is 0 Å². The van der Waals surface area contributed by atoms with Crippen molar-refractivity contribution in [2.24, 2.45) is 0 Å². The van der Waals surface area contributed by atoms with E-state index in [0.29, 0.717) is 18.7 Å². The molecule has 1 atom stereocenters. The SMILES string of the molecule is COC(=O)c1ccnc(Cl)c1N1CC(Br)CC1=O. The average molecular weight is 334 g/mol. The number of ether oxygens (including phenoxy) is 1. The highest BCUT2D eigenvalue weighted by atomic mass is 79.9. The predicted molar refractivity (Wildman–Crippen MR) is 70.3 cm³/mol. The summed E-state index contributed by atoms with van der Waals surface area (Å²) in [5, 5.41) is 0.118. The number of rotatable bonds is 2. The van der Waals surface area contributed by atoms with E-state index in [4.69, 9.17) is 11.6 Å². The van der Waals surface area contributed by atoms with Gasteiger partial charge in [0.2, 0.25) is 5.91 Å². The van der Waals surface area contributed by atoms with Gasteiger partial charge in [-0.15, -0.1) is 0 Å². The lowest BCUT2D eigenvalue weighted by Crippen LogP contribution is -2.27. The third-order valence-electron chi connectivity index (χ3n) is 2.63. The van der Waals surface area contributed by atoms with Crippen molar-refractivity contribution in [3.8, 4) is 0 Å². The molecular formula is C11H10BrClN2O3. The van der Waals surface area contributed by atoms with E-state index in [-0.39, 0.29) is 21.5 Å². The van der Waals surface area contributed by atoms with E-state index in [9.17, 15) is 9.59 Å². The minimum atomic E-state index is -0.542. The van der Waals surface area contributed by atoms with Gasteiger partial charge >= 0.3 is 5.97 Å². The molecule has 1 aromatic rings. The highest BCUT2D eigenvalue weighted by Crippen LogP contribution is 2.33. The standard InChI is InChI=1S/C11H10BrClN2O3/c1-18-11(17)7-2-3-14-10(13)9(7)15-5-6(12)4-8(15)16/h2-3,6H,4-5H2,1H3. The van der Waals surface area contributed by atoms with Crippen LogP contribution in [0.25, 0.3) is 0 Å². The Morgan fingerprint density at radius 3 is 2.94 bits per heavy atom. The monoisotopic (exact) mass is 332 g/mol. The summed E-state index contributed by atoms with van der Waals surface area (Å²) in [6, 6.07) is 1.49. The van der Waals surface area contributed by atoms with Gasteiger partial charge < -0.3 is 9.64 Å². The van der Waals surface area contributed by atoms with Gasteiger partial charge in [0.15, 0.2) is 5.15 Å². The number of hydrogen-bond donors (Lipinski definition) is 0. The molecule has 2 heterocycles. The smallest absolute Gasteiger partial charge is 0.340 e. The van der Waals surface area contributed by atoms with Crippen molar-refractivity contribution < 1.29 is 14.3 Å². The fourth-order valence-electron chi connectivity index (χ4n) is 1.84. The molecule has 1 aromatic heterocycles. The Kier molecular flexibility index (Phi) is 3.87. The first-order chi connectivity index (χ1) is 8.54. The lowest BCUT2D eigenvalue weighted by atomic mass is 10.2. The molecule has 1 aliphatic heterocycles. The van der Waals surface area contributed by atoms with Crippen molar-refractivity contribution in [1.82, 2.24) is 4.98 Å². The van der Waals surface area contributed by atoms with Crippen LogP contribution in [0.3, 0.4) is 0 Å². The second kappa shape index (κ2) is 5.24. The Balaban J connectivity index is 2.49. The summed E-state index contributed by atoms with van der Waals surface area (Å²) >= 11 is 9.37. The first kappa shape index (κ1) is 13.3. The second-order valence-corrected chi connectivity index (χ2v) is 5.45. The Labute approximate surface area is 117 Å². The summed E-state index contributed by atoms with van der Waals surface area (Å²) in [5.74, 6) is -0.642. The van der Waals surface area contributed by atoms with Crippen LogP contribution in [0.15, 0.2) is 12.3 Å². The van der Waals surface area contributed by atoms with Crippen LogP contribution in [0.5, 0.6) is 0 Å². The molecule has 2 rings (SSSR count). The molecule has 0 saturated carbocycles. The molecule has 0 aliphatic carbocycles. The number of anilines is 1. The fourth-order valence-corrected chi connectivity index (χ4v) is 2.67. The first-order valence-corrected chi connectivity index (χ1v) is 6.51. The van der Waals surface area contributed by atoms with Crippen LogP contribution in [-0.2, 0) is 9.53 Å². The largest absolute Gasteiger partial charge is 0.465 e. The van der Waals surface area contributed by atoms with Gasteiger partial charge in [-0.25, -0.2) is 9.78 Å². The number of carbonyl (C=O) groups is 2. The quantitative estimate of drug-likeness (QED) is 0.472. The molecule has 1 fully saturated rings. The summed E-state index contributed by atoms with van der Waals surface area (Å²) in [5.41, 5.74) is 0.561. The molecule has 0 N–H and O–H groups in total. The third-order valence-corrected chi connectivity index (χ3v) is 3.52. The number of alkyl halides is 1. The summed E-state index contributed by atoms with van der Waals surface area (Å²) in [7, 11) is 1.28. The molecule has 0 aromatic carbocycles. The molecule has 7 heteroatoms. The average Bonchev–Trinajstić information content (AvgIpc) is 2.67. The highest BCUT2D eigenvalue weighted by Gasteiger charge is 2.33. The van der Waals surface area contributed by atoms with Crippen molar-refractivity contribution in [3.05, 3.63) is 23.0 Å². The molecule has 1 amide bonds. The first-order valence-electron chi connectivity index (χ1n) is 5.22. The molecule has 5 nitrogen and oxygen atoms in total. The molecule has 1 unspecified atom stereocenters. The maximum atomic E-state index is 11.9. The lowest BCUT2D eigenvalue weighted by molar-refractivity contribution is -0.117. The molecular weight excluding hydrogens is 323 g/mol. The number of carbonyl (C=O) groups excluding carboxylic acids is 2. The Morgan fingerprint density at radius 1 is 1.67 bits per heavy atom. The zero-order valence-corrected chi connectivity index (χ0v) is 11.9. The van der Waals surface area contributed by atoms with Crippen LogP contribution in [0.2, 0.25) is 5.15 Å². The van der Waals surface area contributed by atoms with Crippen molar-refractivity contribution in [1.29, 1.82) is 0 Å². The molecule has 96 valence electrons. The zero-order valence-electron chi connectivity index (χ0n) is 9.52. The van der Waals surface area contributed by atoms with E-state index < -0.39 is 5.97 Å². The summed E-state index contributed by atoms with van der Waals surface area (Å²) in [6.07, 6.45) is 1.77. The van der Waals surface area contributed by atoms with Gasteiger partial charge in [0.05, 0.1) is 18.4 Å². The van der Waals surface area contributed by atoms with Gasteiger partial charge in [0.1, 0.15) is 0 Å². The van der Waals surface area contributed by atoms with Crippen molar-refractivity contribution in [3.63, 3.8) is 0 Å². The van der Waals surface area contributed by atoms with Gasteiger partial charge in [-0.3, -0.25) is 4.79 Å². The highest BCUT2D eigenvalue weighted by molar-refractivity contribution is 9.09. The van der Waals surface area contributed by atoms with Crippen molar-refractivity contribution >= 4 is 45.1 Å². The number of aromatic nitrogens is 1. The number of nitrogens with zero attached hydrogens (tertiary/aromatic N) is 2. The van der Waals surface area contributed by atoms with E-state index in [0.717, 1.165) is 0 Å². The van der Waals surface area contributed by atoms with Gasteiger partial charge in [-0.05, 0) is 6.07 Å². The number of methoxy groups -OCH3 is 1. The van der Waals surface area contributed by atoms with E-state index in [1.54, 1.807) is 0 Å². The molecule has 1 saturated heterocycles. The second-order valence-electron chi connectivity index (χ2n) is 3.80. The number of amides is 1. The zero-order chi connectivity index (χ0) is 13.3. The minimum absolute atomic E-state index is 0.0479. The number of hydrogen-bond acceptors (Lipinski definition) is 4. The summed E-state index contributed by atoms with van der Waals surface area (Å²) in [4.78, 5) is 28.9. The lowest BCUT2D eigenvalue weighted by Gasteiger charge is -2.19. The fraction of sp³-hybridized carbons (Fsp3) is 0.364. The summed E-state index contributed by atoms with van der Waals surface area (Å²) < 4.78 is 4.68. The van der Waals surface area contributed by atoms with Gasteiger partial charge in [0, 0.05) is 24.0 Å². The molecule has 0 radical (unpaired) electrons. The van der Waals surface area contributed by atoms with Gasteiger partial charge in [-0.1, -0.05) is 27.5 Å². The normalized spacial score (nSPS) is 19.2. The van der Waals surface area contributed by atoms with Crippen LogP contribution in [0.1, 0.15) is 16.8 Å². The third kappa shape index (κ3) is 2.35. The topological polar surface area (TPSA) is 59.5 Å². The van der Waals surface area contributed by atoms with Crippen LogP contribution in [-0.4, -0.2) is 35.3 Å². The van der Waals surface area contributed by atoms with E-state index in [1.807, 2.05) is 0 Å². The van der Waals surface area contributed by atoms with Crippen LogP contribution in [0.4, 0.5) is 5.69 Å². The maximum absolute atomic E-state index is 11.9. The molecule has 0 bridgehead atoms.